The Bertz CT molecular complexity index is 145. The van der Waals surface area contributed by atoms with Crippen molar-refractivity contribution in [2.24, 2.45) is 5.41 Å². The number of nitrogens with one attached hydrogen (secondary N) is 1. The molecule has 2 heteroatoms. The summed E-state index contributed by atoms with van der Waals surface area (Å²) in [5.41, 5.74) is 0.352. The van der Waals surface area contributed by atoms with E-state index in [1.165, 1.54) is 6.42 Å². The molecule has 0 aromatic carbocycles. The van der Waals surface area contributed by atoms with Gasteiger partial charge in [0.15, 0.2) is 0 Å². The van der Waals surface area contributed by atoms with Gasteiger partial charge in [-0.2, -0.15) is 0 Å². The predicted octanol–water partition coefficient (Wildman–Crippen LogP) is 2.35. The highest BCUT2D eigenvalue weighted by Crippen LogP contribution is 2.18. The third kappa shape index (κ3) is 4.97. The number of hydrogen-bond acceptors (Lipinski definition) is 2. The summed E-state index contributed by atoms with van der Waals surface area (Å²) in [4.78, 5) is 2.29. The Hall–Kier alpha value is -0.0800. The van der Waals surface area contributed by atoms with Crippen LogP contribution in [0.5, 0.6) is 0 Å². The lowest BCUT2D eigenvalue weighted by atomic mass is 9.88. The molecule has 86 valence electrons. The van der Waals surface area contributed by atoms with Gasteiger partial charge in [0.1, 0.15) is 0 Å². The molecular formula is C12H28N2. The van der Waals surface area contributed by atoms with Gasteiger partial charge in [-0.1, -0.05) is 27.7 Å². The first-order valence-corrected chi connectivity index (χ1v) is 5.68. The molecule has 0 aromatic heterocycles. The van der Waals surface area contributed by atoms with Gasteiger partial charge in [-0.15, -0.1) is 0 Å². The highest BCUT2D eigenvalue weighted by molar-refractivity contribution is 4.78. The number of likely N-dealkylation sites (N-methyl/N-ethyl adjacent to an activating group) is 1. The summed E-state index contributed by atoms with van der Waals surface area (Å²) in [6.45, 7) is 12.4. The van der Waals surface area contributed by atoms with E-state index in [-0.39, 0.29) is 0 Å². The second-order valence-corrected chi connectivity index (χ2v) is 5.52. The van der Waals surface area contributed by atoms with Gasteiger partial charge in [0.2, 0.25) is 0 Å². The van der Waals surface area contributed by atoms with Gasteiger partial charge in [-0.25, -0.2) is 0 Å². The monoisotopic (exact) mass is 200 g/mol. The average Bonchev–Trinajstić information content (AvgIpc) is 2.02. The van der Waals surface area contributed by atoms with E-state index in [0.29, 0.717) is 17.5 Å². The molecule has 0 saturated carbocycles. The molecule has 0 radical (unpaired) electrons. The second-order valence-electron chi connectivity index (χ2n) is 5.52. The van der Waals surface area contributed by atoms with E-state index < -0.39 is 0 Å². The smallest absolute Gasteiger partial charge is 0.0212 e. The summed E-state index contributed by atoms with van der Waals surface area (Å²) >= 11 is 0. The largest absolute Gasteiger partial charge is 0.312 e. The summed E-state index contributed by atoms with van der Waals surface area (Å²) in [5.74, 6) is 0. The Kier molecular flexibility index (Phi) is 5.68. The maximum atomic E-state index is 3.61. The lowest BCUT2D eigenvalue weighted by Gasteiger charge is -2.31. The minimum Gasteiger partial charge on any atom is -0.312 e. The molecule has 0 rings (SSSR count). The van der Waals surface area contributed by atoms with Gasteiger partial charge in [0.05, 0.1) is 0 Å². The predicted molar refractivity (Wildman–Crippen MR) is 64.7 cm³/mol. The molecule has 0 fully saturated rings. The minimum absolute atomic E-state index is 0.352. The molecule has 0 aliphatic heterocycles. The zero-order valence-corrected chi connectivity index (χ0v) is 11.0. The molecular weight excluding hydrogens is 172 g/mol. The van der Waals surface area contributed by atoms with Gasteiger partial charge in [-0.05, 0) is 32.9 Å². The molecule has 0 amide bonds. The standard InChI is InChI=1S/C12H28N2/c1-8-11(14(6)7)9-13-10(2)12(3,4)5/h10-11,13H,8-9H2,1-7H3. The van der Waals surface area contributed by atoms with Crippen molar-refractivity contribution in [2.45, 2.75) is 53.1 Å². The van der Waals surface area contributed by atoms with Crippen LogP contribution in [0, 0.1) is 5.41 Å². The third-order valence-electron chi connectivity index (χ3n) is 3.16. The van der Waals surface area contributed by atoms with Crippen LogP contribution in [0.15, 0.2) is 0 Å². The van der Waals surface area contributed by atoms with E-state index in [2.05, 4.69) is 58.9 Å². The molecule has 0 aliphatic rings. The van der Waals surface area contributed by atoms with Crippen LogP contribution in [-0.4, -0.2) is 37.6 Å². The highest BCUT2D eigenvalue weighted by Gasteiger charge is 2.20. The molecule has 0 bridgehead atoms. The van der Waals surface area contributed by atoms with Crippen LogP contribution in [0.3, 0.4) is 0 Å². The van der Waals surface area contributed by atoms with Crippen LogP contribution in [-0.2, 0) is 0 Å². The summed E-state index contributed by atoms with van der Waals surface area (Å²) < 4.78 is 0. The number of hydrogen-bond donors (Lipinski definition) is 1. The molecule has 0 saturated heterocycles. The van der Waals surface area contributed by atoms with Gasteiger partial charge in [0.25, 0.3) is 0 Å². The van der Waals surface area contributed by atoms with Gasteiger partial charge < -0.3 is 10.2 Å². The fraction of sp³-hybridized carbons (Fsp3) is 1.00. The van der Waals surface area contributed by atoms with Gasteiger partial charge in [-0.3, -0.25) is 0 Å². The maximum absolute atomic E-state index is 3.61. The highest BCUT2D eigenvalue weighted by atomic mass is 15.1. The van der Waals surface area contributed by atoms with Crippen LogP contribution >= 0.6 is 0 Å². The Morgan fingerprint density at radius 3 is 2.00 bits per heavy atom. The van der Waals surface area contributed by atoms with Crippen molar-refractivity contribution < 1.29 is 0 Å². The first-order chi connectivity index (χ1) is 6.29. The lowest BCUT2D eigenvalue weighted by Crippen LogP contribution is -2.45. The number of nitrogens with zero attached hydrogens (tertiary/aromatic N) is 1. The molecule has 0 aliphatic carbocycles. The summed E-state index contributed by atoms with van der Waals surface area (Å²) in [5, 5.41) is 3.61. The van der Waals surface area contributed by atoms with Crippen LogP contribution in [0.1, 0.15) is 41.0 Å². The van der Waals surface area contributed by atoms with Gasteiger partial charge >= 0.3 is 0 Å². The summed E-state index contributed by atoms with van der Waals surface area (Å²) in [6.07, 6.45) is 1.21. The van der Waals surface area contributed by atoms with Crippen LogP contribution in [0.2, 0.25) is 0 Å². The summed E-state index contributed by atoms with van der Waals surface area (Å²) in [6, 6.07) is 1.22. The summed E-state index contributed by atoms with van der Waals surface area (Å²) in [7, 11) is 4.30. The Balaban J connectivity index is 3.92. The second kappa shape index (κ2) is 5.72. The van der Waals surface area contributed by atoms with E-state index in [0.717, 1.165) is 6.54 Å². The zero-order valence-electron chi connectivity index (χ0n) is 11.0. The van der Waals surface area contributed by atoms with Crippen molar-refractivity contribution in [1.29, 1.82) is 0 Å². The molecule has 14 heavy (non-hydrogen) atoms. The fourth-order valence-electron chi connectivity index (χ4n) is 1.31. The Labute approximate surface area is 90.1 Å². The molecule has 2 nitrogen and oxygen atoms in total. The van der Waals surface area contributed by atoms with Crippen molar-refractivity contribution in [2.75, 3.05) is 20.6 Å². The minimum atomic E-state index is 0.352. The quantitative estimate of drug-likeness (QED) is 0.733. The Morgan fingerprint density at radius 2 is 1.71 bits per heavy atom. The van der Waals surface area contributed by atoms with E-state index in [4.69, 9.17) is 0 Å². The van der Waals surface area contributed by atoms with Crippen LogP contribution in [0.25, 0.3) is 0 Å². The third-order valence-corrected chi connectivity index (χ3v) is 3.16. The van der Waals surface area contributed by atoms with E-state index in [1.54, 1.807) is 0 Å². The molecule has 0 heterocycles. The first kappa shape index (κ1) is 13.9. The van der Waals surface area contributed by atoms with Crippen molar-refractivity contribution >= 4 is 0 Å². The SMILES string of the molecule is CCC(CNC(C)C(C)(C)C)N(C)C. The van der Waals surface area contributed by atoms with Gasteiger partial charge in [0, 0.05) is 18.6 Å². The fourth-order valence-corrected chi connectivity index (χ4v) is 1.31. The molecule has 0 spiro atoms. The van der Waals surface area contributed by atoms with Crippen molar-refractivity contribution in [1.82, 2.24) is 10.2 Å². The molecule has 1 N–H and O–H groups in total. The van der Waals surface area contributed by atoms with E-state index in [9.17, 15) is 0 Å². The zero-order chi connectivity index (χ0) is 11.4. The topological polar surface area (TPSA) is 15.3 Å². The van der Waals surface area contributed by atoms with E-state index >= 15 is 0 Å². The molecule has 0 aromatic rings. The average molecular weight is 200 g/mol. The van der Waals surface area contributed by atoms with Crippen LogP contribution in [0.4, 0.5) is 0 Å². The van der Waals surface area contributed by atoms with Crippen molar-refractivity contribution in [3.8, 4) is 0 Å². The first-order valence-electron chi connectivity index (χ1n) is 5.68. The molecule has 2 atom stereocenters. The normalized spacial score (nSPS) is 17.1. The van der Waals surface area contributed by atoms with Crippen LogP contribution < -0.4 is 5.32 Å². The lowest BCUT2D eigenvalue weighted by molar-refractivity contribution is 0.231. The van der Waals surface area contributed by atoms with Crippen molar-refractivity contribution in [3.63, 3.8) is 0 Å². The number of rotatable bonds is 5. The van der Waals surface area contributed by atoms with Crippen molar-refractivity contribution in [3.05, 3.63) is 0 Å². The molecule has 2 unspecified atom stereocenters. The Morgan fingerprint density at radius 1 is 1.21 bits per heavy atom. The maximum Gasteiger partial charge on any atom is 0.0212 e. The van der Waals surface area contributed by atoms with E-state index in [1.807, 2.05) is 0 Å².